The molecule has 1 N–H and O–H groups in total. The van der Waals surface area contributed by atoms with Crippen LogP contribution in [-0.4, -0.2) is 19.8 Å². The van der Waals surface area contributed by atoms with Gasteiger partial charge in [-0.1, -0.05) is 6.07 Å². The molecule has 1 saturated heterocycles. The second kappa shape index (κ2) is 6.96. The first kappa shape index (κ1) is 14.4. The first-order valence-electron chi connectivity index (χ1n) is 6.94. The minimum atomic E-state index is -0.797. The summed E-state index contributed by atoms with van der Waals surface area (Å²) in [5.41, 5.74) is 0.789. The summed E-state index contributed by atoms with van der Waals surface area (Å²) in [4.78, 5) is 0. The Morgan fingerprint density at radius 2 is 2.16 bits per heavy atom. The van der Waals surface area contributed by atoms with Gasteiger partial charge in [-0.25, -0.2) is 8.78 Å². The van der Waals surface area contributed by atoms with Crippen molar-refractivity contribution in [1.82, 2.24) is 5.32 Å². The third-order valence-electron chi connectivity index (χ3n) is 3.75. The number of halogens is 2. The molecule has 1 heterocycles. The lowest BCUT2D eigenvalue weighted by Crippen LogP contribution is -2.23. The minimum absolute atomic E-state index is 0.0422. The second-order valence-corrected chi connectivity index (χ2v) is 5.08. The molecule has 0 bridgehead atoms. The summed E-state index contributed by atoms with van der Waals surface area (Å²) in [5.74, 6) is -1.58. The van der Waals surface area contributed by atoms with E-state index in [1.165, 1.54) is 18.6 Å². The molecule has 1 aromatic rings. The molecule has 1 aromatic carbocycles. The molecular weight excluding hydrogens is 248 g/mol. The third kappa shape index (κ3) is 3.98. The molecule has 4 heteroatoms. The van der Waals surface area contributed by atoms with Crippen LogP contribution in [0.4, 0.5) is 8.78 Å². The summed E-state index contributed by atoms with van der Waals surface area (Å²) in [6.45, 7) is 0.847. The predicted molar refractivity (Wildman–Crippen MR) is 71.0 cm³/mol. The van der Waals surface area contributed by atoms with Crippen LogP contribution >= 0.6 is 0 Å². The first-order chi connectivity index (χ1) is 9.20. The maximum atomic E-state index is 13.2. The van der Waals surface area contributed by atoms with E-state index in [9.17, 15) is 8.78 Å². The van der Waals surface area contributed by atoms with E-state index in [1.807, 2.05) is 7.05 Å². The standard InChI is InChI=1S/C15H21F2NO/c1-18-15(8-6-12-4-2-3-9-19-12)11-5-7-13(16)14(17)10-11/h5,7,10,12,15,18H,2-4,6,8-9H2,1H3. The second-order valence-electron chi connectivity index (χ2n) is 5.08. The normalized spacial score (nSPS) is 21.3. The zero-order valence-corrected chi connectivity index (χ0v) is 11.3. The topological polar surface area (TPSA) is 21.3 Å². The number of nitrogens with one attached hydrogen (secondary N) is 1. The lowest BCUT2D eigenvalue weighted by atomic mass is 9.97. The zero-order chi connectivity index (χ0) is 13.7. The van der Waals surface area contributed by atoms with Crippen LogP contribution in [0.1, 0.15) is 43.7 Å². The van der Waals surface area contributed by atoms with Gasteiger partial charge in [-0.2, -0.15) is 0 Å². The molecule has 1 aliphatic rings. The van der Waals surface area contributed by atoms with Gasteiger partial charge in [0.15, 0.2) is 11.6 Å². The number of hydrogen-bond donors (Lipinski definition) is 1. The largest absolute Gasteiger partial charge is 0.378 e. The van der Waals surface area contributed by atoms with Crippen molar-refractivity contribution in [3.05, 3.63) is 35.4 Å². The Kier molecular flexibility index (Phi) is 5.28. The van der Waals surface area contributed by atoms with E-state index in [4.69, 9.17) is 4.74 Å². The molecule has 0 aromatic heterocycles. The smallest absolute Gasteiger partial charge is 0.159 e. The van der Waals surface area contributed by atoms with Crippen LogP contribution in [0.5, 0.6) is 0 Å². The van der Waals surface area contributed by atoms with Crippen LogP contribution in [0.25, 0.3) is 0 Å². The van der Waals surface area contributed by atoms with Crippen molar-refractivity contribution in [2.45, 2.75) is 44.2 Å². The van der Waals surface area contributed by atoms with Crippen LogP contribution in [0.15, 0.2) is 18.2 Å². The Morgan fingerprint density at radius 3 is 2.79 bits per heavy atom. The quantitative estimate of drug-likeness (QED) is 0.882. The van der Waals surface area contributed by atoms with Gasteiger partial charge >= 0.3 is 0 Å². The van der Waals surface area contributed by atoms with Gasteiger partial charge in [0.2, 0.25) is 0 Å². The molecule has 0 aliphatic carbocycles. The Hall–Kier alpha value is -1.00. The molecule has 19 heavy (non-hydrogen) atoms. The summed E-state index contributed by atoms with van der Waals surface area (Å²) in [6.07, 6.45) is 5.61. The first-order valence-corrected chi connectivity index (χ1v) is 6.94. The molecule has 106 valence electrons. The van der Waals surface area contributed by atoms with E-state index in [-0.39, 0.29) is 6.04 Å². The summed E-state index contributed by atoms with van der Waals surface area (Å²) >= 11 is 0. The molecule has 0 spiro atoms. The fourth-order valence-corrected chi connectivity index (χ4v) is 2.59. The fraction of sp³-hybridized carbons (Fsp3) is 0.600. The molecular formula is C15H21F2NO. The van der Waals surface area contributed by atoms with E-state index in [2.05, 4.69) is 5.32 Å². The van der Waals surface area contributed by atoms with Crippen LogP contribution in [0.3, 0.4) is 0 Å². The van der Waals surface area contributed by atoms with Crippen molar-refractivity contribution in [2.24, 2.45) is 0 Å². The van der Waals surface area contributed by atoms with Gasteiger partial charge in [0, 0.05) is 12.6 Å². The van der Waals surface area contributed by atoms with Crippen molar-refractivity contribution in [3.8, 4) is 0 Å². The summed E-state index contributed by atoms with van der Waals surface area (Å²) in [6, 6.07) is 4.15. The molecule has 1 aliphatic heterocycles. The zero-order valence-electron chi connectivity index (χ0n) is 11.3. The van der Waals surface area contributed by atoms with Crippen LogP contribution in [0.2, 0.25) is 0 Å². The highest BCUT2D eigenvalue weighted by Crippen LogP contribution is 2.24. The summed E-state index contributed by atoms with van der Waals surface area (Å²) in [7, 11) is 1.84. The van der Waals surface area contributed by atoms with Gasteiger partial charge in [0.1, 0.15) is 0 Å². The molecule has 2 rings (SSSR count). The minimum Gasteiger partial charge on any atom is -0.378 e. The molecule has 0 radical (unpaired) electrons. The summed E-state index contributed by atoms with van der Waals surface area (Å²) in [5, 5.41) is 3.16. The lowest BCUT2D eigenvalue weighted by Gasteiger charge is -2.25. The van der Waals surface area contributed by atoms with Gasteiger partial charge in [0.25, 0.3) is 0 Å². The number of hydrogen-bond acceptors (Lipinski definition) is 2. The molecule has 2 atom stereocenters. The molecule has 0 amide bonds. The van der Waals surface area contributed by atoms with E-state index in [0.717, 1.165) is 37.9 Å². The Bertz CT molecular complexity index is 405. The van der Waals surface area contributed by atoms with Crippen LogP contribution in [-0.2, 0) is 4.74 Å². The highest BCUT2D eigenvalue weighted by molar-refractivity contribution is 5.21. The van der Waals surface area contributed by atoms with Crippen molar-refractivity contribution in [1.29, 1.82) is 0 Å². The molecule has 0 saturated carbocycles. The SMILES string of the molecule is CNC(CCC1CCCCO1)c1ccc(F)c(F)c1. The van der Waals surface area contributed by atoms with E-state index in [0.29, 0.717) is 6.10 Å². The highest BCUT2D eigenvalue weighted by Gasteiger charge is 2.17. The predicted octanol–water partition coefficient (Wildman–Crippen LogP) is 3.57. The van der Waals surface area contributed by atoms with Crippen LogP contribution < -0.4 is 5.32 Å². The van der Waals surface area contributed by atoms with Gasteiger partial charge in [-0.3, -0.25) is 0 Å². The van der Waals surface area contributed by atoms with Gasteiger partial charge < -0.3 is 10.1 Å². The maximum Gasteiger partial charge on any atom is 0.159 e. The Balaban J connectivity index is 1.93. The van der Waals surface area contributed by atoms with Gasteiger partial charge in [-0.05, 0) is 56.8 Å². The van der Waals surface area contributed by atoms with Gasteiger partial charge in [-0.15, -0.1) is 0 Å². The molecule has 2 unspecified atom stereocenters. The monoisotopic (exact) mass is 269 g/mol. The Morgan fingerprint density at radius 1 is 1.32 bits per heavy atom. The van der Waals surface area contributed by atoms with Crippen molar-refractivity contribution < 1.29 is 13.5 Å². The average Bonchev–Trinajstić information content (AvgIpc) is 2.44. The number of rotatable bonds is 5. The summed E-state index contributed by atoms with van der Waals surface area (Å²) < 4.78 is 31.9. The van der Waals surface area contributed by atoms with Crippen LogP contribution in [0, 0.1) is 11.6 Å². The van der Waals surface area contributed by atoms with Crippen molar-refractivity contribution >= 4 is 0 Å². The van der Waals surface area contributed by atoms with Crippen molar-refractivity contribution in [2.75, 3.05) is 13.7 Å². The average molecular weight is 269 g/mol. The molecule has 1 fully saturated rings. The van der Waals surface area contributed by atoms with E-state index in [1.54, 1.807) is 6.07 Å². The van der Waals surface area contributed by atoms with Gasteiger partial charge in [0.05, 0.1) is 6.10 Å². The third-order valence-corrected chi connectivity index (χ3v) is 3.75. The van der Waals surface area contributed by atoms with E-state index < -0.39 is 11.6 Å². The Labute approximate surface area is 113 Å². The fourth-order valence-electron chi connectivity index (χ4n) is 2.59. The molecule has 2 nitrogen and oxygen atoms in total. The maximum absolute atomic E-state index is 13.2. The number of ether oxygens (including phenoxy) is 1. The lowest BCUT2D eigenvalue weighted by molar-refractivity contribution is 0.00866. The van der Waals surface area contributed by atoms with Crippen molar-refractivity contribution in [3.63, 3.8) is 0 Å². The highest BCUT2D eigenvalue weighted by atomic mass is 19.2. The number of benzene rings is 1. The van der Waals surface area contributed by atoms with E-state index >= 15 is 0 Å².